The van der Waals surface area contributed by atoms with Gasteiger partial charge in [-0.2, -0.15) is 5.10 Å². The van der Waals surface area contributed by atoms with Crippen molar-refractivity contribution in [1.82, 2.24) is 15.7 Å². The van der Waals surface area contributed by atoms with E-state index in [-0.39, 0.29) is 17.7 Å². The molecule has 0 aliphatic rings. The van der Waals surface area contributed by atoms with Gasteiger partial charge in [-0.25, -0.2) is 5.43 Å². The van der Waals surface area contributed by atoms with E-state index in [9.17, 15) is 9.59 Å². The van der Waals surface area contributed by atoms with Crippen LogP contribution in [0, 0.1) is 5.92 Å². The lowest BCUT2D eigenvalue weighted by molar-refractivity contribution is -0.126. The minimum Gasteiger partial charge on any atom is -0.466 e. The number of hydrazone groups is 1. The normalized spacial score (nSPS) is 12.6. The van der Waals surface area contributed by atoms with Crippen molar-refractivity contribution in [2.45, 2.75) is 23.9 Å². The van der Waals surface area contributed by atoms with Crippen LogP contribution >= 0.6 is 34.8 Å². The Labute approximate surface area is 183 Å². The lowest BCUT2D eigenvalue weighted by Gasteiger charge is -2.27. The Kier molecular flexibility index (Phi) is 8.25. The molecule has 1 atom stereocenters. The second kappa shape index (κ2) is 10.4. The van der Waals surface area contributed by atoms with Gasteiger partial charge in [0.05, 0.1) is 6.21 Å². The van der Waals surface area contributed by atoms with E-state index in [0.717, 1.165) is 0 Å². The first-order valence-corrected chi connectivity index (χ1v) is 9.67. The Balaban J connectivity index is 1.97. The van der Waals surface area contributed by atoms with E-state index in [1.54, 1.807) is 50.2 Å². The molecule has 2 rings (SSSR count). The summed E-state index contributed by atoms with van der Waals surface area (Å²) < 4.78 is 3.75. The zero-order valence-corrected chi connectivity index (χ0v) is 17.9. The van der Waals surface area contributed by atoms with E-state index >= 15 is 0 Å². The number of halogens is 3. The molecule has 0 bridgehead atoms. The molecule has 0 spiro atoms. The van der Waals surface area contributed by atoms with Crippen molar-refractivity contribution in [1.29, 1.82) is 0 Å². The van der Waals surface area contributed by atoms with Gasteiger partial charge in [0.25, 0.3) is 5.91 Å². The van der Waals surface area contributed by atoms with Gasteiger partial charge in [-0.3, -0.25) is 14.6 Å². The van der Waals surface area contributed by atoms with Crippen LogP contribution in [0.25, 0.3) is 0 Å². The minimum atomic E-state index is -1.86. The zero-order chi connectivity index (χ0) is 21.4. The van der Waals surface area contributed by atoms with Gasteiger partial charge >= 0.3 is 0 Å². The summed E-state index contributed by atoms with van der Waals surface area (Å²) in [5, 5.41) is 6.45. The summed E-state index contributed by atoms with van der Waals surface area (Å²) in [6.45, 7) is 3.43. The highest BCUT2D eigenvalue weighted by Crippen LogP contribution is 2.32. The van der Waals surface area contributed by atoms with Gasteiger partial charge in [0.15, 0.2) is 0 Å². The minimum absolute atomic E-state index is 0.297. The predicted molar refractivity (Wildman–Crippen MR) is 113 cm³/mol. The number of alkyl halides is 3. The molecule has 0 fully saturated rings. The van der Waals surface area contributed by atoms with Crippen LogP contribution in [0.5, 0.6) is 5.75 Å². The average molecular weight is 458 g/mol. The number of hydrogen-bond acceptors (Lipinski definition) is 5. The highest BCUT2D eigenvalue weighted by Gasteiger charge is 2.36. The molecule has 1 aromatic carbocycles. The van der Waals surface area contributed by atoms with Crippen LogP contribution < -0.4 is 15.5 Å². The molecule has 1 aromatic heterocycles. The standard InChI is InChI=1S/C19H19Cl3N4O3/c1-12(2)16(27)25-18(19(20,21)22)29-15-5-3-13(4-6-15)11-24-26-17(28)14-7-9-23-10-8-14/h3-12,18H,1-2H3,(H,25,27)(H,26,28)/b24-11+. The molecule has 0 radical (unpaired) electrons. The van der Waals surface area contributed by atoms with Crippen molar-refractivity contribution < 1.29 is 14.3 Å². The first-order chi connectivity index (χ1) is 13.7. The average Bonchev–Trinajstić information content (AvgIpc) is 2.68. The number of rotatable bonds is 7. The van der Waals surface area contributed by atoms with E-state index in [0.29, 0.717) is 16.9 Å². The van der Waals surface area contributed by atoms with E-state index in [1.807, 2.05) is 0 Å². The van der Waals surface area contributed by atoms with Gasteiger partial charge in [-0.05, 0) is 42.0 Å². The first kappa shape index (κ1) is 22.9. The Hall–Kier alpha value is -2.35. The Morgan fingerprint density at radius 3 is 2.28 bits per heavy atom. The van der Waals surface area contributed by atoms with E-state index in [4.69, 9.17) is 39.5 Å². The van der Waals surface area contributed by atoms with Crippen molar-refractivity contribution in [3.8, 4) is 5.75 Å². The summed E-state index contributed by atoms with van der Waals surface area (Å²) in [4.78, 5) is 27.6. The molecule has 2 amide bonds. The third-order valence-corrected chi connectivity index (χ3v) is 4.15. The molecule has 29 heavy (non-hydrogen) atoms. The van der Waals surface area contributed by atoms with Crippen molar-refractivity contribution >= 4 is 52.8 Å². The molecule has 0 aliphatic carbocycles. The molecule has 1 unspecified atom stereocenters. The molecule has 1 heterocycles. The van der Waals surface area contributed by atoms with Gasteiger partial charge in [-0.1, -0.05) is 48.7 Å². The molecular weight excluding hydrogens is 439 g/mol. The van der Waals surface area contributed by atoms with Gasteiger partial charge in [0.2, 0.25) is 15.9 Å². The number of hydrogen-bond donors (Lipinski definition) is 2. The maximum Gasteiger partial charge on any atom is 0.271 e. The van der Waals surface area contributed by atoms with Crippen molar-refractivity contribution in [2.75, 3.05) is 0 Å². The summed E-state index contributed by atoms with van der Waals surface area (Å²) >= 11 is 17.7. The summed E-state index contributed by atoms with van der Waals surface area (Å²) in [5.74, 6) is -0.581. The second-order valence-corrected chi connectivity index (χ2v) is 8.58. The van der Waals surface area contributed by atoms with Crippen LogP contribution in [0.1, 0.15) is 29.8 Å². The number of nitrogens with zero attached hydrogens (tertiary/aromatic N) is 2. The molecular formula is C19H19Cl3N4O3. The lowest BCUT2D eigenvalue weighted by atomic mass is 10.2. The fraction of sp³-hybridized carbons (Fsp3) is 0.263. The van der Waals surface area contributed by atoms with Gasteiger partial charge in [0, 0.05) is 23.9 Å². The second-order valence-electron chi connectivity index (χ2n) is 6.21. The van der Waals surface area contributed by atoms with Crippen molar-refractivity contribution in [2.24, 2.45) is 11.0 Å². The van der Waals surface area contributed by atoms with Crippen LogP contribution in [0.3, 0.4) is 0 Å². The molecule has 10 heteroatoms. The summed E-state index contributed by atoms with van der Waals surface area (Å²) in [6, 6.07) is 9.79. The molecule has 0 saturated carbocycles. The Morgan fingerprint density at radius 1 is 1.10 bits per heavy atom. The van der Waals surface area contributed by atoms with Crippen LogP contribution in [-0.2, 0) is 4.79 Å². The third-order valence-electron chi connectivity index (χ3n) is 3.55. The number of amides is 2. The van der Waals surface area contributed by atoms with E-state index in [2.05, 4.69) is 20.8 Å². The van der Waals surface area contributed by atoms with Crippen LogP contribution in [-0.4, -0.2) is 33.0 Å². The third kappa shape index (κ3) is 7.53. The molecule has 0 saturated heterocycles. The van der Waals surface area contributed by atoms with Crippen LogP contribution in [0.15, 0.2) is 53.9 Å². The Morgan fingerprint density at radius 2 is 1.72 bits per heavy atom. The highest BCUT2D eigenvalue weighted by molar-refractivity contribution is 6.68. The van der Waals surface area contributed by atoms with Crippen LogP contribution in [0.2, 0.25) is 0 Å². The number of nitrogens with one attached hydrogen (secondary N) is 2. The SMILES string of the molecule is CC(C)C(=O)NC(Oc1ccc(/C=N/NC(=O)c2ccncc2)cc1)C(Cl)(Cl)Cl. The molecule has 154 valence electrons. The number of ether oxygens (including phenoxy) is 1. The summed E-state index contributed by atoms with van der Waals surface area (Å²) in [7, 11) is 0. The Bertz CT molecular complexity index is 853. The smallest absolute Gasteiger partial charge is 0.271 e. The number of pyridine rings is 1. The molecule has 2 N–H and O–H groups in total. The van der Waals surface area contributed by atoms with Gasteiger partial charge in [0.1, 0.15) is 5.75 Å². The quantitative estimate of drug-likeness (QED) is 0.287. The number of aromatic nitrogens is 1. The topological polar surface area (TPSA) is 92.7 Å². The number of carbonyl (C=O) groups excluding carboxylic acids is 2. The monoisotopic (exact) mass is 456 g/mol. The van der Waals surface area contributed by atoms with Crippen LogP contribution in [0.4, 0.5) is 0 Å². The predicted octanol–water partition coefficient (Wildman–Crippen LogP) is 3.69. The zero-order valence-electron chi connectivity index (χ0n) is 15.6. The lowest BCUT2D eigenvalue weighted by Crippen LogP contribution is -2.49. The van der Waals surface area contributed by atoms with Gasteiger partial charge < -0.3 is 10.1 Å². The molecule has 7 nitrogen and oxygen atoms in total. The maximum atomic E-state index is 11.9. The maximum absolute atomic E-state index is 11.9. The van der Waals surface area contributed by atoms with E-state index < -0.39 is 10.0 Å². The molecule has 0 aliphatic heterocycles. The highest BCUT2D eigenvalue weighted by atomic mass is 35.6. The summed E-state index contributed by atoms with van der Waals surface area (Å²) in [5.41, 5.74) is 3.56. The largest absolute Gasteiger partial charge is 0.466 e. The molecule has 2 aromatic rings. The van der Waals surface area contributed by atoms with Gasteiger partial charge in [-0.15, -0.1) is 0 Å². The van der Waals surface area contributed by atoms with Crippen molar-refractivity contribution in [3.63, 3.8) is 0 Å². The summed E-state index contributed by atoms with van der Waals surface area (Å²) in [6.07, 6.45) is 3.34. The van der Waals surface area contributed by atoms with Crippen molar-refractivity contribution in [3.05, 3.63) is 59.9 Å². The first-order valence-electron chi connectivity index (χ1n) is 8.54. The number of benzene rings is 1. The number of carbonyl (C=O) groups is 2. The fourth-order valence-corrected chi connectivity index (χ4v) is 2.27. The van der Waals surface area contributed by atoms with E-state index in [1.165, 1.54) is 18.6 Å². The fourth-order valence-electron chi connectivity index (χ4n) is 1.98.